The highest BCUT2D eigenvalue weighted by molar-refractivity contribution is 5.92. The van der Waals surface area contributed by atoms with E-state index in [4.69, 9.17) is 0 Å². The summed E-state index contributed by atoms with van der Waals surface area (Å²) >= 11 is 0. The first-order valence-electron chi connectivity index (χ1n) is 10.1. The number of nitrogens with one attached hydrogen (secondary N) is 1. The van der Waals surface area contributed by atoms with Crippen molar-refractivity contribution in [3.63, 3.8) is 0 Å². The lowest BCUT2D eigenvalue weighted by atomic mass is 10.1. The number of carboxylic acids is 1. The molecule has 0 amide bonds. The molecule has 1 saturated heterocycles. The minimum absolute atomic E-state index is 0.0524. The smallest absolute Gasteiger partial charge is 0.419 e. The van der Waals surface area contributed by atoms with Crippen LogP contribution >= 0.6 is 0 Å². The first-order valence-corrected chi connectivity index (χ1v) is 10.1. The normalized spacial score (nSPS) is 19.6. The predicted molar refractivity (Wildman–Crippen MR) is 105 cm³/mol. The SMILES string of the molecule is CCNCC1CCN(c2nc3c(cc2C(F)(F)F)c(=O)c(C(=O)O)cn3C2CC2)C1. The van der Waals surface area contributed by atoms with Crippen molar-refractivity contribution < 1.29 is 23.1 Å². The van der Waals surface area contributed by atoms with E-state index in [9.17, 15) is 27.9 Å². The summed E-state index contributed by atoms with van der Waals surface area (Å²) in [4.78, 5) is 30.0. The Kier molecular flexibility index (Phi) is 5.21. The van der Waals surface area contributed by atoms with Crippen molar-refractivity contribution in [2.24, 2.45) is 5.92 Å². The Morgan fingerprint density at radius 1 is 1.33 bits per heavy atom. The number of aromatic nitrogens is 2. The summed E-state index contributed by atoms with van der Waals surface area (Å²) in [6.45, 7) is 4.37. The lowest BCUT2D eigenvalue weighted by molar-refractivity contribution is -0.137. The molecule has 2 N–H and O–H groups in total. The Morgan fingerprint density at radius 3 is 2.67 bits per heavy atom. The molecular formula is C20H23F3N4O3. The minimum Gasteiger partial charge on any atom is -0.477 e. The largest absolute Gasteiger partial charge is 0.477 e. The molecule has 1 aliphatic heterocycles. The number of fused-ring (bicyclic) bond motifs is 1. The van der Waals surface area contributed by atoms with E-state index < -0.39 is 28.7 Å². The fraction of sp³-hybridized carbons (Fsp3) is 0.550. The summed E-state index contributed by atoms with van der Waals surface area (Å²) in [6.07, 6.45) is -1.22. The van der Waals surface area contributed by atoms with Gasteiger partial charge in [0.1, 0.15) is 17.0 Å². The summed E-state index contributed by atoms with van der Waals surface area (Å²) in [6, 6.07) is 0.728. The van der Waals surface area contributed by atoms with E-state index in [0.717, 1.165) is 38.4 Å². The third-order valence-corrected chi connectivity index (χ3v) is 5.73. The molecule has 1 atom stereocenters. The highest BCUT2D eigenvalue weighted by Gasteiger charge is 2.39. The lowest BCUT2D eigenvalue weighted by Crippen LogP contribution is -2.29. The first kappa shape index (κ1) is 20.6. The van der Waals surface area contributed by atoms with Gasteiger partial charge in [-0.15, -0.1) is 0 Å². The van der Waals surface area contributed by atoms with Crippen LogP contribution in [0, 0.1) is 5.92 Å². The van der Waals surface area contributed by atoms with Gasteiger partial charge < -0.3 is 19.9 Å². The number of anilines is 1. The van der Waals surface area contributed by atoms with E-state index in [1.54, 1.807) is 9.47 Å². The summed E-state index contributed by atoms with van der Waals surface area (Å²) < 4.78 is 43.2. The number of nitrogens with zero attached hydrogens (tertiary/aromatic N) is 3. The predicted octanol–water partition coefficient (Wildman–Crippen LogP) is 2.88. The van der Waals surface area contributed by atoms with Crippen LogP contribution in [0.2, 0.25) is 0 Å². The number of carboxylic acid groups (broad SMARTS) is 1. The van der Waals surface area contributed by atoms with Crippen LogP contribution in [-0.4, -0.2) is 46.8 Å². The number of aromatic carboxylic acids is 1. The maximum Gasteiger partial charge on any atom is 0.419 e. The molecule has 4 rings (SSSR count). The molecule has 1 unspecified atom stereocenters. The molecule has 2 fully saturated rings. The van der Waals surface area contributed by atoms with Gasteiger partial charge in [-0.2, -0.15) is 13.2 Å². The van der Waals surface area contributed by atoms with Gasteiger partial charge in [0.25, 0.3) is 0 Å². The molecule has 7 nitrogen and oxygen atoms in total. The number of carbonyl (C=O) groups is 1. The Hall–Kier alpha value is -2.62. The van der Waals surface area contributed by atoms with Crippen molar-refractivity contribution in [3.8, 4) is 0 Å². The third kappa shape index (κ3) is 3.76. The van der Waals surface area contributed by atoms with Crippen LogP contribution in [0.25, 0.3) is 11.0 Å². The monoisotopic (exact) mass is 424 g/mol. The standard InChI is InChI=1S/C20H23F3N4O3/c1-2-24-8-11-5-6-26(9-11)18-15(20(21,22)23)7-13-16(28)14(19(29)30)10-27(12-3-4-12)17(13)25-18/h7,10-12,24H,2-6,8-9H2,1H3,(H,29,30). The van der Waals surface area contributed by atoms with Gasteiger partial charge in [-0.25, -0.2) is 9.78 Å². The molecule has 2 aromatic heterocycles. The Labute approximate surface area is 170 Å². The number of hydrogen-bond donors (Lipinski definition) is 2. The number of pyridine rings is 2. The molecule has 2 aliphatic rings. The molecule has 0 bridgehead atoms. The van der Waals surface area contributed by atoms with Crippen molar-refractivity contribution in [3.05, 3.63) is 33.6 Å². The topological polar surface area (TPSA) is 87.5 Å². The molecule has 0 spiro atoms. The highest BCUT2D eigenvalue weighted by atomic mass is 19.4. The number of alkyl halides is 3. The summed E-state index contributed by atoms with van der Waals surface area (Å²) in [5.74, 6) is -1.44. The van der Waals surface area contributed by atoms with E-state index >= 15 is 0 Å². The first-order chi connectivity index (χ1) is 14.2. The second kappa shape index (κ2) is 7.57. The zero-order chi connectivity index (χ0) is 21.6. The van der Waals surface area contributed by atoms with E-state index in [1.165, 1.54) is 6.20 Å². The van der Waals surface area contributed by atoms with Crippen LogP contribution in [0.1, 0.15) is 48.1 Å². The quantitative estimate of drug-likeness (QED) is 0.742. The Morgan fingerprint density at radius 2 is 2.07 bits per heavy atom. The molecule has 0 radical (unpaired) electrons. The maximum absolute atomic E-state index is 13.9. The van der Waals surface area contributed by atoms with Crippen LogP contribution in [0.4, 0.5) is 19.0 Å². The van der Waals surface area contributed by atoms with E-state index in [0.29, 0.717) is 13.1 Å². The van der Waals surface area contributed by atoms with Gasteiger partial charge in [0.15, 0.2) is 0 Å². The van der Waals surface area contributed by atoms with Gasteiger partial charge in [-0.3, -0.25) is 4.79 Å². The van der Waals surface area contributed by atoms with Crippen LogP contribution in [-0.2, 0) is 6.18 Å². The maximum atomic E-state index is 13.9. The zero-order valence-corrected chi connectivity index (χ0v) is 16.5. The van der Waals surface area contributed by atoms with Crippen molar-refractivity contribution in [1.29, 1.82) is 0 Å². The van der Waals surface area contributed by atoms with Crippen molar-refractivity contribution in [2.75, 3.05) is 31.1 Å². The molecule has 30 heavy (non-hydrogen) atoms. The number of rotatable bonds is 6. The van der Waals surface area contributed by atoms with Crippen molar-refractivity contribution in [1.82, 2.24) is 14.9 Å². The second-order valence-electron chi connectivity index (χ2n) is 7.95. The number of hydrogen-bond acceptors (Lipinski definition) is 5. The molecule has 0 aromatic carbocycles. The van der Waals surface area contributed by atoms with Gasteiger partial charge in [0.05, 0.1) is 10.9 Å². The zero-order valence-electron chi connectivity index (χ0n) is 16.5. The lowest BCUT2D eigenvalue weighted by Gasteiger charge is -2.23. The second-order valence-corrected chi connectivity index (χ2v) is 7.95. The fourth-order valence-corrected chi connectivity index (χ4v) is 4.04. The third-order valence-electron chi connectivity index (χ3n) is 5.73. The molecule has 3 heterocycles. The summed E-state index contributed by atoms with van der Waals surface area (Å²) in [7, 11) is 0. The van der Waals surface area contributed by atoms with Gasteiger partial charge in [0, 0.05) is 25.3 Å². The Bertz CT molecular complexity index is 1050. The van der Waals surface area contributed by atoms with Crippen molar-refractivity contribution in [2.45, 2.75) is 38.4 Å². The molecule has 10 heteroatoms. The fourth-order valence-electron chi connectivity index (χ4n) is 4.04. The molecule has 162 valence electrons. The molecule has 1 aliphatic carbocycles. The van der Waals surface area contributed by atoms with Gasteiger partial charge >= 0.3 is 12.1 Å². The average molecular weight is 424 g/mol. The molecule has 2 aromatic rings. The van der Waals surface area contributed by atoms with Crippen molar-refractivity contribution >= 4 is 22.8 Å². The highest BCUT2D eigenvalue weighted by Crippen LogP contribution is 2.41. The van der Waals surface area contributed by atoms with Crippen LogP contribution in [0.15, 0.2) is 17.1 Å². The average Bonchev–Trinajstić information content (AvgIpc) is 3.42. The molecular weight excluding hydrogens is 401 g/mol. The van der Waals surface area contributed by atoms with Crippen LogP contribution < -0.4 is 15.6 Å². The van der Waals surface area contributed by atoms with E-state index in [-0.39, 0.29) is 28.8 Å². The summed E-state index contributed by atoms with van der Waals surface area (Å²) in [5.41, 5.74) is -2.36. The summed E-state index contributed by atoms with van der Waals surface area (Å²) in [5, 5.41) is 12.3. The van der Waals surface area contributed by atoms with E-state index in [2.05, 4.69) is 10.3 Å². The van der Waals surface area contributed by atoms with Gasteiger partial charge in [-0.05, 0) is 44.3 Å². The van der Waals surface area contributed by atoms with Crippen LogP contribution in [0.3, 0.4) is 0 Å². The van der Waals surface area contributed by atoms with Gasteiger partial charge in [-0.1, -0.05) is 6.92 Å². The minimum atomic E-state index is -4.72. The van der Waals surface area contributed by atoms with Gasteiger partial charge in [0.2, 0.25) is 5.43 Å². The molecule has 1 saturated carbocycles. The number of halogens is 3. The van der Waals surface area contributed by atoms with E-state index in [1.807, 2.05) is 6.92 Å². The van der Waals surface area contributed by atoms with Crippen LogP contribution in [0.5, 0.6) is 0 Å². The Balaban J connectivity index is 1.88.